The van der Waals surface area contributed by atoms with Gasteiger partial charge in [0, 0.05) is 0 Å². The Balaban J connectivity index is 2.02. The molecule has 5 nitrogen and oxygen atoms in total. The van der Waals surface area contributed by atoms with Crippen LogP contribution in [0.2, 0.25) is 0 Å². The molecule has 1 N–H and O–H groups in total. The van der Waals surface area contributed by atoms with Crippen LogP contribution in [0.1, 0.15) is 49.6 Å². The monoisotopic (exact) mass is 301 g/mol. The Morgan fingerprint density at radius 2 is 1.90 bits per heavy atom. The number of hydrogen-bond donors (Lipinski definition) is 1. The average molecular weight is 301 g/mol. The van der Waals surface area contributed by atoms with Crippen LogP contribution in [-0.2, 0) is 0 Å². The SMILES string of the molecule is CC(c1ccsc1)N1C(=O)c2ccc(C(=O)O)cc2C1=O. The lowest BCUT2D eigenvalue weighted by atomic mass is 10.1. The molecule has 0 aliphatic carbocycles. The highest BCUT2D eigenvalue weighted by Gasteiger charge is 2.39. The standard InChI is InChI=1S/C15H11NO4S/c1-8(10-4-5-21-7-10)16-13(17)11-3-2-9(15(19)20)6-12(11)14(16)18/h2-8H,1H3,(H,19,20). The van der Waals surface area contributed by atoms with Gasteiger partial charge >= 0.3 is 5.97 Å². The summed E-state index contributed by atoms with van der Waals surface area (Å²) in [5, 5.41) is 12.8. The Labute approximate surface area is 124 Å². The zero-order valence-corrected chi connectivity index (χ0v) is 11.9. The van der Waals surface area contributed by atoms with E-state index in [1.54, 1.807) is 6.92 Å². The molecule has 6 heteroatoms. The van der Waals surface area contributed by atoms with Gasteiger partial charge in [0.15, 0.2) is 0 Å². The summed E-state index contributed by atoms with van der Waals surface area (Å²) in [5.74, 6) is -1.95. The van der Waals surface area contributed by atoms with Gasteiger partial charge in [-0.15, -0.1) is 0 Å². The fourth-order valence-corrected chi connectivity index (χ4v) is 3.15. The number of carboxylic acid groups (broad SMARTS) is 1. The molecule has 3 rings (SSSR count). The van der Waals surface area contributed by atoms with Crippen molar-refractivity contribution in [2.45, 2.75) is 13.0 Å². The number of benzene rings is 1. The first kappa shape index (κ1) is 13.5. The lowest BCUT2D eigenvalue weighted by Crippen LogP contribution is -2.32. The summed E-state index contributed by atoms with van der Waals surface area (Å²) in [5.41, 5.74) is 1.29. The molecule has 0 saturated heterocycles. The quantitative estimate of drug-likeness (QED) is 0.885. The number of amides is 2. The van der Waals surface area contributed by atoms with E-state index in [1.807, 2.05) is 16.8 Å². The van der Waals surface area contributed by atoms with Crippen molar-refractivity contribution in [3.8, 4) is 0 Å². The predicted octanol–water partition coefficient (Wildman–Crippen LogP) is 2.80. The zero-order chi connectivity index (χ0) is 15.1. The molecule has 106 valence electrons. The highest BCUT2D eigenvalue weighted by Crippen LogP contribution is 2.32. The van der Waals surface area contributed by atoms with Crippen LogP contribution in [0.4, 0.5) is 0 Å². The van der Waals surface area contributed by atoms with Gasteiger partial charge in [-0.3, -0.25) is 14.5 Å². The van der Waals surface area contributed by atoms with E-state index >= 15 is 0 Å². The van der Waals surface area contributed by atoms with Crippen molar-refractivity contribution in [1.29, 1.82) is 0 Å². The molecule has 1 aromatic carbocycles. The maximum atomic E-state index is 12.4. The van der Waals surface area contributed by atoms with E-state index in [4.69, 9.17) is 5.11 Å². The fourth-order valence-electron chi connectivity index (χ4n) is 2.41. The molecule has 1 aromatic heterocycles. The Kier molecular flexibility index (Phi) is 3.10. The summed E-state index contributed by atoms with van der Waals surface area (Å²) in [6.07, 6.45) is 0. The van der Waals surface area contributed by atoms with Gasteiger partial charge in [0.1, 0.15) is 0 Å². The van der Waals surface area contributed by atoms with Crippen LogP contribution in [0, 0.1) is 0 Å². The van der Waals surface area contributed by atoms with Crippen LogP contribution >= 0.6 is 11.3 Å². The Morgan fingerprint density at radius 1 is 1.19 bits per heavy atom. The van der Waals surface area contributed by atoms with Crippen molar-refractivity contribution < 1.29 is 19.5 Å². The minimum Gasteiger partial charge on any atom is -0.478 e. The number of nitrogens with zero attached hydrogens (tertiary/aromatic N) is 1. The van der Waals surface area contributed by atoms with Gasteiger partial charge in [0.05, 0.1) is 22.7 Å². The van der Waals surface area contributed by atoms with Crippen molar-refractivity contribution in [3.63, 3.8) is 0 Å². The van der Waals surface area contributed by atoms with Crippen LogP contribution in [0.25, 0.3) is 0 Å². The number of imide groups is 1. The van der Waals surface area contributed by atoms with Gasteiger partial charge in [-0.2, -0.15) is 11.3 Å². The van der Waals surface area contributed by atoms with Gasteiger partial charge in [0.2, 0.25) is 0 Å². The van der Waals surface area contributed by atoms with E-state index in [0.717, 1.165) is 5.56 Å². The highest BCUT2D eigenvalue weighted by atomic mass is 32.1. The smallest absolute Gasteiger partial charge is 0.335 e. The van der Waals surface area contributed by atoms with Crippen LogP contribution in [0.15, 0.2) is 35.0 Å². The number of aromatic carboxylic acids is 1. The molecule has 2 amide bonds. The maximum absolute atomic E-state index is 12.4. The molecule has 21 heavy (non-hydrogen) atoms. The van der Waals surface area contributed by atoms with Crippen molar-refractivity contribution in [2.24, 2.45) is 0 Å². The molecule has 1 atom stereocenters. The first-order valence-corrected chi connectivity index (χ1v) is 7.22. The van der Waals surface area contributed by atoms with E-state index in [-0.39, 0.29) is 28.6 Å². The molecule has 2 heterocycles. The number of fused-ring (bicyclic) bond motifs is 1. The van der Waals surface area contributed by atoms with Crippen molar-refractivity contribution in [2.75, 3.05) is 0 Å². The van der Waals surface area contributed by atoms with Gasteiger partial charge in [-0.05, 0) is 47.5 Å². The highest BCUT2D eigenvalue weighted by molar-refractivity contribution is 7.08. The summed E-state index contributed by atoms with van der Waals surface area (Å²) >= 11 is 1.49. The predicted molar refractivity (Wildman–Crippen MR) is 76.6 cm³/mol. The summed E-state index contributed by atoms with van der Waals surface area (Å²) in [6, 6.07) is 5.49. The molecule has 0 saturated carbocycles. The molecule has 2 aromatic rings. The molecule has 0 bridgehead atoms. The third-order valence-electron chi connectivity index (χ3n) is 3.58. The zero-order valence-electron chi connectivity index (χ0n) is 11.1. The van der Waals surface area contributed by atoms with Crippen LogP contribution in [0.3, 0.4) is 0 Å². The Bertz CT molecular complexity index is 751. The minimum absolute atomic E-state index is 0.0000589. The fraction of sp³-hybridized carbons (Fsp3) is 0.133. The molecule has 0 fully saturated rings. The molecule has 1 aliphatic heterocycles. The van der Waals surface area contributed by atoms with E-state index in [9.17, 15) is 14.4 Å². The first-order valence-electron chi connectivity index (χ1n) is 6.28. The third kappa shape index (κ3) is 2.04. The second kappa shape index (κ2) is 4.82. The van der Waals surface area contributed by atoms with E-state index in [0.29, 0.717) is 0 Å². The van der Waals surface area contributed by atoms with Gasteiger partial charge in [-0.1, -0.05) is 0 Å². The summed E-state index contributed by atoms with van der Waals surface area (Å²) < 4.78 is 0. The van der Waals surface area contributed by atoms with Gasteiger partial charge < -0.3 is 5.11 Å². The lowest BCUT2D eigenvalue weighted by Gasteiger charge is -2.21. The summed E-state index contributed by atoms with van der Waals surface area (Å²) in [6.45, 7) is 1.78. The summed E-state index contributed by atoms with van der Waals surface area (Å²) in [7, 11) is 0. The Morgan fingerprint density at radius 3 is 2.52 bits per heavy atom. The van der Waals surface area contributed by atoms with E-state index in [2.05, 4.69) is 0 Å². The number of carbonyl (C=O) groups is 3. The second-order valence-corrected chi connectivity index (χ2v) is 5.56. The number of thiophene rings is 1. The summed E-state index contributed by atoms with van der Waals surface area (Å²) in [4.78, 5) is 37.0. The molecule has 1 aliphatic rings. The topological polar surface area (TPSA) is 74.7 Å². The van der Waals surface area contributed by atoms with Crippen LogP contribution in [0.5, 0.6) is 0 Å². The molecule has 1 unspecified atom stereocenters. The molecular formula is C15H11NO4S. The van der Waals surface area contributed by atoms with Crippen molar-refractivity contribution >= 4 is 29.1 Å². The largest absolute Gasteiger partial charge is 0.478 e. The van der Waals surface area contributed by atoms with Gasteiger partial charge in [-0.25, -0.2) is 4.79 Å². The van der Waals surface area contributed by atoms with Gasteiger partial charge in [0.25, 0.3) is 11.8 Å². The average Bonchev–Trinajstić information content (AvgIpc) is 3.07. The number of rotatable bonds is 3. The Hall–Kier alpha value is -2.47. The second-order valence-electron chi connectivity index (χ2n) is 4.78. The lowest BCUT2D eigenvalue weighted by molar-refractivity contribution is 0.0594. The number of carbonyl (C=O) groups excluding carboxylic acids is 2. The third-order valence-corrected chi connectivity index (χ3v) is 4.28. The first-order chi connectivity index (χ1) is 10.0. The van der Waals surface area contributed by atoms with Crippen LogP contribution in [-0.4, -0.2) is 27.8 Å². The van der Waals surface area contributed by atoms with E-state index < -0.39 is 11.9 Å². The number of hydrogen-bond acceptors (Lipinski definition) is 4. The van der Waals surface area contributed by atoms with Crippen LogP contribution < -0.4 is 0 Å². The normalized spacial score (nSPS) is 15.2. The van der Waals surface area contributed by atoms with Crippen molar-refractivity contribution in [1.82, 2.24) is 4.90 Å². The minimum atomic E-state index is -1.12. The molecule has 0 radical (unpaired) electrons. The molecule has 0 spiro atoms. The van der Waals surface area contributed by atoms with Crippen molar-refractivity contribution in [3.05, 3.63) is 57.3 Å². The van der Waals surface area contributed by atoms with E-state index in [1.165, 1.54) is 34.4 Å². The maximum Gasteiger partial charge on any atom is 0.335 e. The number of carboxylic acids is 1. The molecular weight excluding hydrogens is 290 g/mol.